The lowest BCUT2D eigenvalue weighted by molar-refractivity contribution is 1.36. The molecule has 2 rings (SSSR count). The van der Waals surface area contributed by atoms with Crippen LogP contribution in [0.15, 0.2) is 34.7 Å². The van der Waals surface area contributed by atoms with Gasteiger partial charge in [-0.1, -0.05) is 35.1 Å². The standard InChI is InChI=1S/C10H9ClN2S2/c11-8-3-1-7(2-4-8)6-14-9-5-13-10(12)15-9/h1-5H,6H2,(H2,12,13). The predicted molar refractivity (Wildman–Crippen MR) is 67.5 cm³/mol. The second-order valence-electron chi connectivity index (χ2n) is 2.93. The number of benzene rings is 1. The summed E-state index contributed by atoms with van der Waals surface area (Å²) in [5.41, 5.74) is 6.79. The number of hydrogen-bond donors (Lipinski definition) is 1. The van der Waals surface area contributed by atoms with Crippen LogP contribution in [0.1, 0.15) is 5.56 Å². The molecule has 1 aromatic carbocycles. The second-order valence-corrected chi connectivity index (χ2v) is 5.71. The maximum atomic E-state index is 5.80. The van der Waals surface area contributed by atoms with E-state index in [0.29, 0.717) is 5.13 Å². The van der Waals surface area contributed by atoms with Gasteiger partial charge in [0.05, 0.1) is 10.4 Å². The highest BCUT2D eigenvalue weighted by molar-refractivity contribution is 8.00. The normalized spacial score (nSPS) is 10.5. The number of halogens is 1. The maximum Gasteiger partial charge on any atom is 0.181 e. The molecule has 1 aromatic heterocycles. The summed E-state index contributed by atoms with van der Waals surface area (Å²) in [6, 6.07) is 7.86. The van der Waals surface area contributed by atoms with Crippen molar-refractivity contribution in [2.24, 2.45) is 0 Å². The van der Waals surface area contributed by atoms with Gasteiger partial charge in [0.25, 0.3) is 0 Å². The Hall–Kier alpha value is -0.710. The molecule has 0 unspecified atom stereocenters. The van der Waals surface area contributed by atoms with Crippen molar-refractivity contribution in [2.75, 3.05) is 5.73 Å². The molecule has 0 aliphatic carbocycles. The van der Waals surface area contributed by atoms with Crippen molar-refractivity contribution in [3.63, 3.8) is 0 Å². The highest BCUT2D eigenvalue weighted by Gasteiger charge is 2.00. The van der Waals surface area contributed by atoms with Gasteiger partial charge in [-0.05, 0) is 17.7 Å². The van der Waals surface area contributed by atoms with Crippen molar-refractivity contribution in [1.29, 1.82) is 0 Å². The lowest BCUT2D eigenvalue weighted by atomic mass is 10.2. The minimum Gasteiger partial charge on any atom is -0.375 e. The zero-order chi connectivity index (χ0) is 10.7. The maximum absolute atomic E-state index is 5.80. The summed E-state index contributed by atoms with van der Waals surface area (Å²) in [6.07, 6.45) is 1.81. The van der Waals surface area contributed by atoms with Gasteiger partial charge in [0, 0.05) is 10.8 Å². The van der Waals surface area contributed by atoms with Crippen LogP contribution >= 0.6 is 34.7 Å². The fraction of sp³-hybridized carbons (Fsp3) is 0.100. The number of nitrogens with zero attached hydrogens (tertiary/aromatic N) is 1. The average Bonchev–Trinajstić information content (AvgIpc) is 2.64. The highest BCUT2D eigenvalue weighted by atomic mass is 35.5. The molecule has 0 saturated carbocycles. The van der Waals surface area contributed by atoms with E-state index in [2.05, 4.69) is 4.98 Å². The number of hydrogen-bond acceptors (Lipinski definition) is 4. The molecular formula is C10H9ClN2S2. The third kappa shape index (κ3) is 3.12. The third-order valence-corrected chi connectivity index (χ3v) is 4.14. The van der Waals surface area contributed by atoms with E-state index >= 15 is 0 Å². The lowest BCUT2D eigenvalue weighted by Crippen LogP contribution is -1.77. The minimum atomic E-state index is 0.619. The quantitative estimate of drug-likeness (QED) is 0.852. The van der Waals surface area contributed by atoms with Crippen LogP contribution in [0.2, 0.25) is 5.02 Å². The number of aromatic nitrogens is 1. The molecule has 0 spiro atoms. The third-order valence-electron chi connectivity index (χ3n) is 1.80. The summed E-state index contributed by atoms with van der Waals surface area (Å²) in [6.45, 7) is 0. The van der Waals surface area contributed by atoms with Crippen molar-refractivity contribution >= 4 is 39.8 Å². The van der Waals surface area contributed by atoms with E-state index in [0.717, 1.165) is 15.0 Å². The SMILES string of the molecule is Nc1ncc(SCc2ccc(Cl)cc2)s1. The lowest BCUT2D eigenvalue weighted by Gasteiger charge is -1.98. The number of thiazole rings is 1. The molecule has 15 heavy (non-hydrogen) atoms. The Morgan fingerprint density at radius 3 is 2.67 bits per heavy atom. The molecule has 0 saturated heterocycles. The van der Waals surface area contributed by atoms with Crippen LogP contribution in [-0.2, 0) is 5.75 Å². The molecule has 5 heteroatoms. The Morgan fingerprint density at radius 2 is 2.07 bits per heavy atom. The largest absolute Gasteiger partial charge is 0.375 e. The number of nitrogen functional groups attached to an aromatic ring is 1. The molecule has 0 atom stereocenters. The molecule has 0 aliphatic heterocycles. The Kier molecular flexibility index (Phi) is 3.51. The summed E-state index contributed by atoms with van der Waals surface area (Å²) in [7, 11) is 0. The van der Waals surface area contributed by atoms with Crippen LogP contribution in [0.3, 0.4) is 0 Å². The number of anilines is 1. The first-order valence-electron chi connectivity index (χ1n) is 4.32. The van der Waals surface area contributed by atoms with Gasteiger partial charge in [-0.15, -0.1) is 11.8 Å². The van der Waals surface area contributed by atoms with Crippen molar-refractivity contribution in [2.45, 2.75) is 9.96 Å². The molecule has 0 amide bonds. The van der Waals surface area contributed by atoms with Gasteiger partial charge in [-0.25, -0.2) is 4.98 Å². The molecule has 0 radical (unpaired) electrons. The van der Waals surface area contributed by atoms with Crippen LogP contribution in [0.4, 0.5) is 5.13 Å². The Balaban J connectivity index is 1.96. The highest BCUT2D eigenvalue weighted by Crippen LogP contribution is 2.29. The number of rotatable bonds is 3. The first kappa shape index (κ1) is 10.8. The summed E-state index contributed by atoms with van der Waals surface area (Å²) < 4.78 is 1.14. The van der Waals surface area contributed by atoms with Crippen LogP contribution in [-0.4, -0.2) is 4.98 Å². The molecule has 2 aromatic rings. The molecule has 1 heterocycles. The number of nitrogens with two attached hydrogens (primary N) is 1. The van der Waals surface area contributed by atoms with Crippen molar-refractivity contribution in [1.82, 2.24) is 4.98 Å². The molecule has 0 bridgehead atoms. The van der Waals surface area contributed by atoms with Crippen LogP contribution in [0, 0.1) is 0 Å². The Labute approximate surface area is 101 Å². The molecule has 78 valence electrons. The van der Waals surface area contributed by atoms with Gasteiger partial charge in [-0.2, -0.15) is 0 Å². The average molecular weight is 257 g/mol. The molecule has 2 N–H and O–H groups in total. The fourth-order valence-electron chi connectivity index (χ4n) is 1.07. The minimum absolute atomic E-state index is 0.619. The fourth-order valence-corrected chi connectivity index (χ4v) is 2.91. The van der Waals surface area contributed by atoms with Gasteiger partial charge in [0.1, 0.15) is 0 Å². The Bertz CT molecular complexity index is 439. The first-order chi connectivity index (χ1) is 7.24. The summed E-state index contributed by atoms with van der Waals surface area (Å²) in [5.74, 6) is 0.915. The van der Waals surface area contributed by atoms with E-state index < -0.39 is 0 Å². The van der Waals surface area contributed by atoms with Crippen molar-refractivity contribution < 1.29 is 0 Å². The predicted octanol–water partition coefficient (Wildman–Crippen LogP) is 3.67. The Morgan fingerprint density at radius 1 is 1.33 bits per heavy atom. The van der Waals surface area contributed by atoms with Crippen LogP contribution in [0.5, 0.6) is 0 Å². The van der Waals surface area contributed by atoms with E-state index in [1.165, 1.54) is 16.9 Å². The van der Waals surface area contributed by atoms with Gasteiger partial charge >= 0.3 is 0 Å². The zero-order valence-electron chi connectivity index (χ0n) is 7.81. The molecule has 0 aliphatic rings. The van der Waals surface area contributed by atoms with Gasteiger partial charge in [0.2, 0.25) is 0 Å². The second kappa shape index (κ2) is 4.88. The van der Waals surface area contributed by atoms with Gasteiger partial charge in [0.15, 0.2) is 5.13 Å². The molecular weight excluding hydrogens is 248 g/mol. The monoisotopic (exact) mass is 256 g/mol. The van der Waals surface area contributed by atoms with Crippen LogP contribution in [0.25, 0.3) is 0 Å². The molecule has 0 fully saturated rings. The summed E-state index contributed by atoms with van der Waals surface area (Å²) in [5, 5.41) is 1.39. The van der Waals surface area contributed by atoms with Crippen molar-refractivity contribution in [3.05, 3.63) is 41.0 Å². The van der Waals surface area contributed by atoms with E-state index in [9.17, 15) is 0 Å². The number of thioether (sulfide) groups is 1. The van der Waals surface area contributed by atoms with E-state index in [4.69, 9.17) is 17.3 Å². The molecule has 2 nitrogen and oxygen atoms in total. The van der Waals surface area contributed by atoms with Crippen molar-refractivity contribution in [3.8, 4) is 0 Å². The zero-order valence-corrected chi connectivity index (χ0v) is 10.2. The topological polar surface area (TPSA) is 38.9 Å². The van der Waals surface area contributed by atoms with Crippen LogP contribution < -0.4 is 5.73 Å². The van der Waals surface area contributed by atoms with Gasteiger partial charge < -0.3 is 5.73 Å². The van der Waals surface area contributed by atoms with E-state index in [1.807, 2.05) is 24.3 Å². The summed E-state index contributed by atoms with van der Waals surface area (Å²) >= 11 is 9.05. The first-order valence-corrected chi connectivity index (χ1v) is 6.50. The smallest absolute Gasteiger partial charge is 0.181 e. The summed E-state index contributed by atoms with van der Waals surface area (Å²) in [4.78, 5) is 4.00. The van der Waals surface area contributed by atoms with E-state index in [-0.39, 0.29) is 0 Å². The van der Waals surface area contributed by atoms with E-state index in [1.54, 1.807) is 18.0 Å². The van der Waals surface area contributed by atoms with Gasteiger partial charge in [-0.3, -0.25) is 0 Å².